The monoisotopic (exact) mass is 360 g/mol. The zero-order chi connectivity index (χ0) is 17.6. The van der Waals surface area contributed by atoms with Crippen LogP contribution in [-0.2, 0) is 10.0 Å². The number of sulfonamides is 1. The van der Waals surface area contributed by atoms with E-state index in [-0.39, 0.29) is 0 Å². The molecule has 0 aliphatic heterocycles. The van der Waals surface area contributed by atoms with Crippen LogP contribution in [0.1, 0.15) is 6.92 Å². The van der Waals surface area contributed by atoms with Crippen molar-refractivity contribution < 1.29 is 8.42 Å². The SMILES string of the molecule is CCN(C)C#CP(=NS(C)(=O)=O)(c1ccccc1)c1ccccc1. The van der Waals surface area contributed by atoms with Gasteiger partial charge in [-0.05, 0) is 12.6 Å². The van der Waals surface area contributed by atoms with Crippen LogP contribution in [0.15, 0.2) is 64.8 Å². The second-order valence-corrected chi connectivity index (χ2v) is 10.0. The predicted molar refractivity (Wildman–Crippen MR) is 102 cm³/mol. The molecule has 2 rings (SSSR count). The van der Waals surface area contributed by atoms with Gasteiger partial charge in [-0.15, -0.1) is 0 Å². The van der Waals surface area contributed by atoms with Crippen LogP contribution in [-0.4, -0.2) is 33.2 Å². The first-order valence-electron chi connectivity index (χ1n) is 7.56. The van der Waals surface area contributed by atoms with Crippen molar-refractivity contribution in [3.05, 3.63) is 60.7 Å². The number of hydrogen-bond donors (Lipinski definition) is 0. The van der Waals surface area contributed by atoms with Crippen LogP contribution in [0.5, 0.6) is 0 Å². The van der Waals surface area contributed by atoms with E-state index in [0.717, 1.165) is 23.4 Å². The molecule has 0 radical (unpaired) electrons. The van der Waals surface area contributed by atoms with Gasteiger partial charge in [-0.1, -0.05) is 60.7 Å². The summed E-state index contributed by atoms with van der Waals surface area (Å²) in [6.45, 7) is 2.74. The molecular formula is C18H21N2O2PS. The summed E-state index contributed by atoms with van der Waals surface area (Å²) in [5.41, 5.74) is 3.21. The molecule has 0 unspecified atom stereocenters. The van der Waals surface area contributed by atoms with Gasteiger partial charge in [0.2, 0.25) is 10.0 Å². The molecule has 0 atom stereocenters. The van der Waals surface area contributed by atoms with Crippen LogP contribution in [0.25, 0.3) is 0 Å². The maximum atomic E-state index is 12.1. The van der Waals surface area contributed by atoms with Crippen molar-refractivity contribution in [2.24, 2.45) is 4.15 Å². The molecular weight excluding hydrogens is 339 g/mol. The van der Waals surface area contributed by atoms with E-state index in [4.69, 9.17) is 0 Å². The van der Waals surface area contributed by atoms with Gasteiger partial charge in [0.05, 0.1) is 6.26 Å². The van der Waals surface area contributed by atoms with Gasteiger partial charge in [0.1, 0.15) is 7.05 Å². The zero-order valence-electron chi connectivity index (χ0n) is 14.0. The van der Waals surface area contributed by atoms with Gasteiger partial charge >= 0.3 is 0 Å². The molecule has 0 saturated heterocycles. The molecule has 24 heavy (non-hydrogen) atoms. The van der Waals surface area contributed by atoms with Gasteiger partial charge in [-0.2, -0.15) is 4.15 Å². The third kappa shape index (κ3) is 4.50. The Hall–Kier alpha value is -2.02. The topological polar surface area (TPSA) is 49.7 Å². The summed E-state index contributed by atoms with van der Waals surface area (Å²) in [5, 5.41) is 1.66. The molecule has 0 aromatic heterocycles. The van der Waals surface area contributed by atoms with Crippen molar-refractivity contribution in [2.75, 3.05) is 19.8 Å². The van der Waals surface area contributed by atoms with Crippen molar-refractivity contribution in [2.45, 2.75) is 6.92 Å². The molecule has 126 valence electrons. The summed E-state index contributed by atoms with van der Waals surface area (Å²) >= 11 is 0. The van der Waals surface area contributed by atoms with Crippen LogP contribution in [0.2, 0.25) is 0 Å². The second-order valence-electron chi connectivity index (χ2n) is 5.36. The highest BCUT2D eigenvalue weighted by molar-refractivity contribution is 7.98. The minimum Gasteiger partial charge on any atom is -0.336 e. The molecule has 0 fully saturated rings. The Bertz CT molecular complexity index is 855. The van der Waals surface area contributed by atoms with Crippen molar-refractivity contribution in [3.63, 3.8) is 0 Å². The van der Waals surface area contributed by atoms with Crippen LogP contribution in [0.3, 0.4) is 0 Å². The first kappa shape index (κ1) is 18.3. The van der Waals surface area contributed by atoms with Crippen molar-refractivity contribution >= 4 is 27.7 Å². The lowest BCUT2D eigenvalue weighted by atomic mass is 10.4. The molecule has 2 aromatic rings. The number of benzene rings is 2. The largest absolute Gasteiger partial charge is 0.336 e. The molecule has 0 amide bonds. The summed E-state index contributed by atoms with van der Waals surface area (Å²) in [5.74, 6) is 0. The molecule has 0 aliphatic rings. The molecule has 0 saturated carbocycles. The standard InChI is InChI=1S/C18H21N2O2PS/c1-4-20(2)15-16-23(19-24(3,21)22,17-11-7-5-8-12-17)18-13-9-6-10-14-18/h5-14H,4H2,1-3H3. The molecule has 2 aromatic carbocycles. The fourth-order valence-corrected chi connectivity index (χ4v) is 6.92. The molecule has 6 heteroatoms. The fourth-order valence-electron chi connectivity index (χ4n) is 2.14. The lowest BCUT2D eigenvalue weighted by Crippen LogP contribution is -2.17. The van der Waals surface area contributed by atoms with Gasteiger partial charge < -0.3 is 4.90 Å². The van der Waals surface area contributed by atoms with E-state index >= 15 is 0 Å². The Morgan fingerprint density at radius 2 is 1.46 bits per heavy atom. The highest BCUT2D eigenvalue weighted by Gasteiger charge is 2.25. The van der Waals surface area contributed by atoms with Gasteiger partial charge in [0.25, 0.3) is 0 Å². The number of rotatable bonds is 4. The van der Waals surface area contributed by atoms with E-state index in [1.165, 1.54) is 0 Å². The van der Waals surface area contributed by atoms with Crippen LogP contribution >= 0.6 is 7.05 Å². The third-order valence-corrected chi connectivity index (χ3v) is 8.09. The van der Waals surface area contributed by atoms with E-state index in [9.17, 15) is 8.42 Å². The van der Waals surface area contributed by atoms with Crippen molar-refractivity contribution in [1.29, 1.82) is 0 Å². The maximum Gasteiger partial charge on any atom is 0.250 e. The van der Waals surface area contributed by atoms with E-state index in [0.29, 0.717) is 0 Å². The van der Waals surface area contributed by atoms with E-state index < -0.39 is 17.1 Å². The normalized spacial score (nSPS) is 11.3. The smallest absolute Gasteiger partial charge is 0.250 e. The van der Waals surface area contributed by atoms with Crippen molar-refractivity contribution in [1.82, 2.24) is 4.90 Å². The number of hydrogen-bond acceptors (Lipinski definition) is 3. The lowest BCUT2D eigenvalue weighted by molar-refractivity contribution is 0.513. The fraction of sp³-hybridized carbons (Fsp3) is 0.222. The summed E-state index contributed by atoms with van der Waals surface area (Å²) in [7, 11) is -4.46. The maximum absolute atomic E-state index is 12.1. The highest BCUT2D eigenvalue weighted by Crippen LogP contribution is 2.47. The average Bonchev–Trinajstić information content (AvgIpc) is 2.59. The van der Waals surface area contributed by atoms with E-state index in [1.807, 2.05) is 79.5 Å². The number of nitrogens with zero attached hydrogens (tertiary/aromatic N) is 2. The molecule has 0 aliphatic carbocycles. The third-order valence-electron chi connectivity index (χ3n) is 3.41. The molecule has 0 heterocycles. The Kier molecular flexibility index (Phi) is 5.88. The minimum atomic E-state index is -3.58. The van der Waals surface area contributed by atoms with Gasteiger partial charge in [0.15, 0.2) is 0 Å². The molecule has 4 nitrogen and oxygen atoms in total. The van der Waals surface area contributed by atoms with Gasteiger partial charge in [-0.3, -0.25) is 0 Å². The first-order valence-corrected chi connectivity index (χ1v) is 11.2. The highest BCUT2D eigenvalue weighted by atomic mass is 32.2. The molecule has 0 bridgehead atoms. The minimum absolute atomic E-state index is 0.745. The predicted octanol–water partition coefficient (Wildman–Crippen LogP) is 2.67. The van der Waals surface area contributed by atoms with Crippen molar-refractivity contribution in [3.8, 4) is 11.7 Å². The zero-order valence-corrected chi connectivity index (χ0v) is 15.8. The van der Waals surface area contributed by atoms with Gasteiger partial charge in [0, 0.05) is 30.2 Å². The quantitative estimate of drug-likeness (QED) is 0.479. The van der Waals surface area contributed by atoms with Gasteiger partial charge in [-0.25, -0.2) is 8.42 Å². The lowest BCUT2D eigenvalue weighted by Gasteiger charge is -2.20. The summed E-state index contributed by atoms with van der Waals surface area (Å²) in [4.78, 5) is 1.83. The molecule has 0 N–H and O–H groups in total. The van der Waals surface area contributed by atoms with Crippen LogP contribution in [0.4, 0.5) is 0 Å². The Morgan fingerprint density at radius 1 is 1.00 bits per heavy atom. The summed E-state index contributed by atoms with van der Waals surface area (Å²) in [6, 6.07) is 22.0. The molecule has 0 spiro atoms. The van der Waals surface area contributed by atoms with E-state index in [1.54, 1.807) is 0 Å². The second kappa shape index (κ2) is 7.70. The Morgan fingerprint density at radius 3 is 1.83 bits per heavy atom. The van der Waals surface area contributed by atoms with E-state index in [2.05, 4.69) is 15.9 Å². The summed E-state index contributed by atoms with van der Waals surface area (Å²) in [6.07, 6.45) is 1.12. The Labute approximate surface area is 144 Å². The summed E-state index contributed by atoms with van der Waals surface area (Å²) < 4.78 is 28.4. The van der Waals surface area contributed by atoms with Crippen LogP contribution in [0, 0.1) is 11.7 Å². The average molecular weight is 360 g/mol. The first-order chi connectivity index (χ1) is 11.4. The van der Waals surface area contributed by atoms with Crippen LogP contribution < -0.4 is 10.6 Å². The Balaban J connectivity index is 2.89.